The van der Waals surface area contributed by atoms with Crippen molar-refractivity contribution >= 4 is 35.0 Å². The number of rotatable bonds is 6. The van der Waals surface area contributed by atoms with E-state index >= 15 is 0 Å². The first-order valence-electron chi connectivity index (χ1n) is 10.1. The molecule has 1 atom stereocenters. The number of nitrogens with zero attached hydrogens (tertiary/aromatic N) is 1. The summed E-state index contributed by atoms with van der Waals surface area (Å²) in [5, 5.41) is 2.75. The van der Waals surface area contributed by atoms with Crippen LogP contribution in [0.2, 0.25) is 0 Å². The lowest BCUT2D eigenvalue weighted by molar-refractivity contribution is -0.118. The van der Waals surface area contributed by atoms with E-state index in [1.807, 2.05) is 71.6 Å². The Morgan fingerprint density at radius 2 is 1.84 bits per heavy atom. The summed E-state index contributed by atoms with van der Waals surface area (Å²) in [6, 6.07) is 23.0. The Labute approximate surface area is 186 Å². The molecule has 1 unspecified atom stereocenters. The molecule has 158 valence electrons. The van der Waals surface area contributed by atoms with Gasteiger partial charge in [-0.15, -0.1) is 11.8 Å². The number of anilines is 2. The van der Waals surface area contributed by atoms with Gasteiger partial charge in [0.15, 0.2) is 6.61 Å². The summed E-state index contributed by atoms with van der Waals surface area (Å²) < 4.78 is 5.51. The molecule has 2 amide bonds. The Hall–Kier alpha value is -3.25. The standard InChI is InChI=1S/C25H24N2O3S/c1-17-11-12-21(13-18(17)2)27-24(29)16-31-25(27)19-7-6-8-20(14-19)26-23(28)15-30-22-9-4-3-5-10-22/h3-14,25H,15-16H2,1-2H3,(H,26,28). The highest BCUT2D eigenvalue weighted by atomic mass is 32.2. The monoisotopic (exact) mass is 432 g/mol. The highest BCUT2D eigenvalue weighted by molar-refractivity contribution is 8.00. The molecular formula is C25H24N2O3S. The van der Waals surface area contributed by atoms with Crippen LogP contribution in [-0.4, -0.2) is 24.2 Å². The van der Waals surface area contributed by atoms with Gasteiger partial charge in [0.05, 0.1) is 5.75 Å². The minimum absolute atomic E-state index is 0.0698. The first-order chi connectivity index (χ1) is 15.0. The van der Waals surface area contributed by atoms with Crippen LogP contribution in [0.5, 0.6) is 5.75 Å². The Kier molecular flexibility index (Phi) is 6.28. The Morgan fingerprint density at radius 3 is 2.61 bits per heavy atom. The molecule has 1 heterocycles. The van der Waals surface area contributed by atoms with Gasteiger partial charge in [-0.2, -0.15) is 0 Å². The van der Waals surface area contributed by atoms with Crippen LogP contribution in [0.3, 0.4) is 0 Å². The van der Waals surface area contributed by atoms with Crippen molar-refractivity contribution in [3.05, 3.63) is 89.5 Å². The van der Waals surface area contributed by atoms with Gasteiger partial charge in [0.25, 0.3) is 5.91 Å². The van der Waals surface area contributed by atoms with Crippen molar-refractivity contribution in [1.29, 1.82) is 0 Å². The summed E-state index contributed by atoms with van der Waals surface area (Å²) in [6.45, 7) is 4.04. The van der Waals surface area contributed by atoms with E-state index in [0.717, 1.165) is 16.8 Å². The van der Waals surface area contributed by atoms with Gasteiger partial charge >= 0.3 is 0 Å². The van der Waals surface area contributed by atoms with Crippen LogP contribution in [-0.2, 0) is 9.59 Å². The van der Waals surface area contributed by atoms with E-state index < -0.39 is 0 Å². The van der Waals surface area contributed by atoms with Crippen molar-refractivity contribution in [1.82, 2.24) is 0 Å². The number of hydrogen-bond donors (Lipinski definition) is 1. The van der Waals surface area contributed by atoms with Gasteiger partial charge in [0, 0.05) is 11.4 Å². The Morgan fingerprint density at radius 1 is 1.03 bits per heavy atom. The molecule has 1 aliphatic heterocycles. The number of aryl methyl sites for hydroxylation is 2. The number of hydrogen-bond acceptors (Lipinski definition) is 4. The van der Waals surface area contributed by atoms with Crippen LogP contribution in [0.4, 0.5) is 11.4 Å². The smallest absolute Gasteiger partial charge is 0.262 e. The first-order valence-corrected chi connectivity index (χ1v) is 11.1. The topological polar surface area (TPSA) is 58.6 Å². The third-order valence-electron chi connectivity index (χ3n) is 5.21. The zero-order valence-corrected chi connectivity index (χ0v) is 18.3. The van der Waals surface area contributed by atoms with Gasteiger partial charge in [0.1, 0.15) is 11.1 Å². The Balaban J connectivity index is 1.48. The fourth-order valence-electron chi connectivity index (χ4n) is 3.46. The van der Waals surface area contributed by atoms with E-state index in [1.165, 1.54) is 5.56 Å². The van der Waals surface area contributed by atoms with Crippen molar-refractivity contribution in [2.24, 2.45) is 0 Å². The molecule has 0 saturated carbocycles. The molecule has 4 rings (SSSR count). The molecule has 0 aromatic heterocycles. The quantitative estimate of drug-likeness (QED) is 0.589. The van der Waals surface area contributed by atoms with E-state index in [0.29, 0.717) is 17.2 Å². The maximum absolute atomic E-state index is 12.7. The van der Waals surface area contributed by atoms with Crippen molar-refractivity contribution in [2.45, 2.75) is 19.2 Å². The molecule has 6 heteroatoms. The average Bonchev–Trinajstić information content (AvgIpc) is 3.16. The van der Waals surface area contributed by atoms with Crippen LogP contribution in [0, 0.1) is 13.8 Å². The van der Waals surface area contributed by atoms with E-state index in [4.69, 9.17) is 4.74 Å². The zero-order chi connectivity index (χ0) is 21.8. The predicted molar refractivity (Wildman–Crippen MR) is 126 cm³/mol. The Bertz CT molecular complexity index is 1100. The lowest BCUT2D eigenvalue weighted by atomic mass is 10.1. The lowest BCUT2D eigenvalue weighted by Gasteiger charge is -2.25. The van der Waals surface area contributed by atoms with Crippen LogP contribution in [0.1, 0.15) is 22.1 Å². The first kappa shape index (κ1) is 21.0. The molecule has 31 heavy (non-hydrogen) atoms. The summed E-state index contributed by atoms with van der Waals surface area (Å²) in [5.74, 6) is 0.932. The molecule has 5 nitrogen and oxygen atoms in total. The third-order valence-corrected chi connectivity index (χ3v) is 6.42. The summed E-state index contributed by atoms with van der Waals surface area (Å²) in [5.41, 5.74) is 4.89. The fourth-order valence-corrected chi connectivity index (χ4v) is 4.62. The summed E-state index contributed by atoms with van der Waals surface area (Å²) in [7, 11) is 0. The van der Waals surface area contributed by atoms with E-state index in [1.54, 1.807) is 11.8 Å². The molecule has 1 fully saturated rings. The van der Waals surface area contributed by atoms with Crippen LogP contribution in [0.15, 0.2) is 72.8 Å². The molecule has 0 radical (unpaired) electrons. The number of ether oxygens (including phenoxy) is 1. The normalized spacial score (nSPS) is 15.7. The summed E-state index contributed by atoms with van der Waals surface area (Å²) in [6.07, 6.45) is 0. The molecule has 0 bridgehead atoms. The molecule has 1 aliphatic rings. The molecule has 1 saturated heterocycles. The molecule has 0 spiro atoms. The van der Waals surface area contributed by atoms with Gasteiger partial charge in [0.2, 0.25) is 5.91 Å². The predicted octanol–water partition coefficient (Wildman–Crippen LogP) is 5.10. The number of thioether (sulfide) groups is 1. The molecular weight excluding hydrogens is 408 g/mol. The van der Waals surface area contributed by atoms with Crippen LogP contribution >= 0.6 is 11.8 Å². The minimum Gasteiger partial charge on any atom is -0.484 e. The van der Waals surface area contributed by atoms with Crippen molar-refractivity contribution < 1.29 is 14.3 Å². The average molecular weight is 433 g/mol. The van der Waals surface area contributed by atoms with E-state index in [2.05, 4.69) is 25.2 Å². The lowest BCUT2D eigenvalue weighted by Crippen LogP contribution is -2.28. The van der Waals surface area contributed by atoms with E-state index in [-0.39, 0.29) is 23.8 Å². The van der Waals surface area contributed by atoms with Gasteiger partial charge in [-0.1, -0.05) is 36.4 Å². The van der Waals surface area contributed by atoms with Gasteiger partial charge < -0.3 is 10.1 Å². The minimum atomic E-state index is -0.234. The third kappa shape index (κ3) is 4.91. The maximum Gasteiger partial charge on any atom is 0.262 e. The highest BCUT2D eigenvalue weighted by Gasteiger charge is 2.34. The number of para-hydroxylation sites is 1. The number of nitrogens with one attached hydrogen (secondary N) is 1. The summed E-state index contributed by atoms with van der Waals surface area (Å²) in [4.78, 5) is 26.8. The number of carbonyl (C=O) groups is 2. The van der Waals surface area contributed by atoms with Crippen molar-refractivity contribution in [3.63, 3.8) is 0 Å². The number of amides is 2. The highest BCUT2D eigenvalue weighted by Crippen LogP contribution is 2.42. The maximum atomic E-state index is 12.7. The summed E-state index contributed by atoms with van der Waals surface area (Å²) >= 11 is 1.59. The molecule has 3 aromatic rings. The second-order valence-corrected chi connectivity index (χ2v) is 8.54. The largest absolute Gasteiger partial charge is 0.484 e. The van der Waals surface area contributed by atoms with E-state index in [9.17, 15) is 9.59 Å². The molecule has 1 N–H and O–H groups in total. The molecule has 3 aromatic carbocycles. The van der Waals surface area contributed by atoms with Gasteiger partial charge in [-0.25, -0.2) is 0 Å². The van der Waals surface area contributed by atoms with Crippen LogP contribution < -0.4 is 15.0 Å². The van der Waals surface area contributed by atoms with Crippen LogP contribution in [0.25, 0.3) is 0 Å². The second kappa shape index (κ2) is 9.27. The number of benzene rings is 3. The van der Waals surface area contributed by atoms with Crippen molar-refractivity contribution in [3.8, 4) is 5.75 Å². The fraction of sp³-hybridized carbons (Fsp3) is 0.200. The number of carbonyl (C=O) groups excluding carboxylic acids is 2. The SMILES string of the molecule is Cc1ccc(N2C(=O)CSC2c2cccc(NC(=O)COc3ccccc3)c2)cc1C. The van der Waals surface area contributed by atoms with Gasteiger partial charge in [-0.05, 0) is 66.9 Å². The van der Waals surface area contributed by atoms with Crippen molar-refractivity contribution in [2.75, 3.05) is 22.6 Å². The second-order valence-electron chi connectivity index (χ2n) is 7.47. The zero-order valence-electron chi connectivity index (χ0n) is 17.5. The molecule has 0 aliphatic carbocycles. The van der Waals surface area contributed by atoms with Gasteiger partial charge in [-0.3, -0.25) is 14.5 Å².